The van der Waals surface area contributed by atoms with E-state index in [4.69, 9.17) is 4.74 Å². The molecule has 0 aromatic rings. The molecule has 2 saturated heterocycles. The van der Waals surface area contributed by atoms with Crippen molar-refractivity contribution in [2.24, 2.45) is 0 Å². The van der Waals surface area contributed by atoms with Gasteiger partial charge < -0.3 is 9.64 Å². The van der Waals surface area contributed by atoms with Crippen molar-refractivity contribution in [1.29, 1.82) is 0 Å². The van der Waals surface area contributed by atoms with Gasteiger partial charge in [-0.05, 0) is 13.3 Å². The minimum absolute atomic E-state index is 0.157. The predicted octanol–water partition coefficient (Wildman–Crippen LogP) is 0.898. The summed E-state index contributed by atoms with van der Waals surface area (Å²) >= 11 is 0. The third-order valence-electron chi connectivity index (χ3n) is 3.14. The second-order valence-corrected chi connectivity index (χ2v) is 4.54. The average molecular weight is 251 g/mol. The van der Waals surface area contributed by atoms with E-state index in [9.17, 15) is 22.8 Å². The average Bonchev–Trinajstić information content (AvgIpc) is 2.16. The Morgan fingerprint density at radius 3 is 2.59 bits per heavy atom. The van der Waals surface area contributed by atoms with Gasteiger partial charge in [-0.2, -0.15) is 13.2 Å². The second kappa shape index (κ2) is 3.69. The highest BCUT2D eigenvalue weighted by molar-refractivity contribution is 5.93. The highest BCUT2D eigenvalue weighted by Gasteiger charge is 2.58. The molecule has 2 aliphatic heterocycles. The predicted molar refractivity (Wildman–Crippen MR) is 50.2 cm³/mol. The zero-order valence-electron chi connectivity index (χ0n) is 9.21. The lowest BCUT2D eigenvalue weighted by Crippen LogP contribution is -2.72. The quantitative estimate of drug-likeness (QED) is 0.642. The lowest BCUT2D eigenvalue weighted by molar-refractivity contribution is -0.220. The van der Waals surface area contributed by atoms with Crippen molar-refractivity contribution in [3.8, 4) is 0 Å². The number of rotatable bonds is 0. The van der Waals surface area contributed by atoms with Gasteiger partial charge in [0.2, 0.25) is 0 Å². The Labute approximate surface area is 95.7 Å². The molecule has 2 heterocycles. The highest BCUT2D eigenvalue weighted by Crippen LogP contribution is 2.36. The van der Waals surface area contributed by atoms with Gasteiger partial charge in [0.25, 0.3) is 0 Å². The number of ether oxygens (including phenoxy) is 1. The number of likely N-dealkylation sites (tertiary alicyclic amines) is 1. The Morgan fingerprint density at radius 2 is 2.06 bits per heavy atom. The SMILES string of the molecule is CC1CCC(=O)C2(CN(C(=O)C(F)(F)F)C2)O1. The molecule has 1 spiro atoms. The molecule has 0 aliphatic carbocycles. The molecule has 1 atom stereocenters. The lowest BCUT2D eigenvalue weighted by atomic mass is 9.83. The maximum atomic E-state index is 12.1. The van der Waals surface area contributed by atoms with Crippen LogP contribution in [0.25, 0.3) is 0 Å². The van der Waals surface area contributed by atoms with Crippen LogP contribution < -0.4 is 0 Å². The van der Waals surface area contributed by atoms with Crippen LogP contribution >= 0.6 is 0 Å². The van der Waals surface area contributed by atoms with E-state index in [0.717, 1.165) is 0 Å². The van der Waals surface area contributed by atoms with Crippen LogP contribution in [-0.4, -0.2) is 47.6 Å². The second-order valence-electron chi connectivity index (χ2n) is 4.54. The maximum absolute atomic E-state index is 12.1. The number of Topliss-reactive ketones (excluding diaryl/α,β-unsaturated/α-hetero) is 1. The van der Waals surface area contributed by atoms with Crippen LogP contribution in [-0.2, 0) is 14.3 Å². The number of hydrogen-bond acceptors (Lipinski definition) is 3. The van der Waals surface area contributed by atoms with Gasteiger partial charge in [-0.25, -0.2) is 0 Å². The lowest BCUT2D eigenvalue weighted by Gasteiger charge is -2.51. The number of carbonyl (C=O) groups is 2. The molecule has 96 valence electrons. The summed E-state index contributed by atoms with van der Waals surface area (Å²) in [5, 5.41) is 0. The van der Waals surface area contributed by atoms with Crippen molar-refractivity contribution in [2.75, 3.05) is 13.1 Å². The number of amides is 1. The summed E-state index contributed by atoms with van der Waals surface area (Å²) in [7, 11) is 0. The van der Waals surface area contributed by atoms with Crippen molar-refractivity contribution in [3.63, 3.8) is 0 Å². The molecule has 0 radical (unpaired) electrons. The molecule has 0 N–H and O–H groups in total. The summed E-state index contributed by atoms with van der Waals surface area (Å²) in [4.78, 5) is 23.1. The Kier molecular flexibility index (Phi) is 2.68. The van der Waals surface area contributed by atoms with E-state index >= 15 is 0 Å². The molecule has 1 amide bonds. The van der Waals surface area contributed by atoms with Crippen LogP contribution in [0.5, 0.6) is 0 Å². The van der Waals surface area contributed by atoms with E-state index in [-0.39, 0.29) is 25.0 Å². The van der Waals surface area contributed by atoms with Crippen LogP contribution in [0.2, 0.25) is 0 Å². The summed E-state index contributed by atoms with van der Waals surface area (Å²) in [6, 6.07) is 0. The zero-order chi connectivity index (χ0) is 12.8. The molecule has 0 aromatic carbocycles. The maximum Gasteiger partial charge on any atom is 0.471 e. The fourth-order valence-corrected chi connectivity index (χ4v) is 2.22. The standard InChI is InChI=1S/C10H12F3NO3/c1-6-2-3-7(15)9(17-6)4-14(5-9)8(16)10(11,12)13/h6H,2-5H2,1H3. The first kappa shape index (κ1) is 12.3. The van der Waals surface area contributed by atoms with Gasteiger partial charge in [0.1, 0.15) is 0 Å². The Hall–Kier alpha value is -1.11. The van der Waals surface area contributed by atoms with Crippen LogP contribution in [0.1, 0.15) is 19.8 Å². The molecule has 7 heteroatoms. The highest BCUT2D eigenvalue weighted by atomic mass is 19.4. The molecule has 4 nitrogen and oxygen atoms in total. The third-order valence-corrected chi connectivity index (χ3v) is 3.14. The summed E-state index contributed by atoms with van der Waals surface area (Å²) in [5.41, 5.74) is -1.18. The van der Waals surface area contributed by atoms with Gasteiger partial charge in [-0.1, -0.05) is 0 Å². The molecule has 17 heavy (non-hydrogen) atoms. The van der Waals surface area contributed by atoms with Crippen LogP contribution in [0.15, 0.2) is 0 Å². The van der Waals surface area contributed by atoms with Crippen molar-refractivity contribution >= 4 is 11.7 Å². The topological polar surface area (TPSA) is 46.6 Å². The molecular formula is C10H12F3NO3. The molecule has 2 aliphatic rings. The minimum Gasteiger partial charge on any atom is -0.360 e. The molecular weight excluding hydrogens is 239 g/mol. The number of nitrogens with zero attached hydrogens (tertiary/aromatic N) is 1. The van der Waals surface area contributed by atoms with E-state index < -0.39 is 17.7 Å². The van der Waals surface area contributed by atoms with Gasteiger partial charge in [-0.3, -0.25) is 9.59 Å². The Balaban J connectivity index is 2.01. The largest absolute Gasteiger partial charge is 0.471 e. The summed E-state index contributed by atoms with van der Waals surface area (Å²) in [6.45, 7) is 1.20. The van der Waals surface area contributed by atoms with Crippen LogP contribution in [0, 0.1) is 0 Å². The first-order valence-electron chi connectivity index (χ1n) is 5.32. The number of halogens is 3. The normalized spacial score (nSPS) is 28.1. The first-order chi connectivity index (χ1) is 7.74. The number of alkyl halides is 3. The zero-order valence-corrected chi connectivity index (χ0v) is 9.21. The van der Waals surface area contributed by atoms with E-state index in [0.29, 0.717) is 17.7 Å². The van der Waals surface area contributed by atoms with Crippen molar-refractivity contribution in [2.45, 2.75) is 37.6 Å². The van der Waals surface area contributed by atoms with E-state index in [2.05, 4.69) is 0 Å². The van der Waals surface area contributed by atoms with Crippen LogP contribution in [0.3, 0.4) is 0 Å². The van der Waals surface area contributed by atoms with Gasteiger partial charge in [0, 0.05) is 6.42 Å². The van der Waals surface area contributed by atoms with Gasteiger partial charge >= 0.3 is 12.1 Å². The minimum atomic E-state index is -4.88. The number of carbonyl (C=O) groups excluding carboxylic acids is 2. The monoisotopic (exact) mass is 251 g/mol. The van der Waals surface area contributed by atoms with E-state index in [1.54, 1.807) is 6.92 Å². The summed E-state index contributed by atoms with van der Waals surface area (Å²) in [5.74, 6) is -2.11. The number of hydrogen-bond donors (Lipinski definition) is 0. The number of ketones is 1. The summed E-state index contributed by atoms with van der Waals surface area (Å²) in [6.07, 6.45) is -4.16. The Bertz CT molecular complexity index is 360. The molecule has 2 fully saturated rings. The third kappa shape index (κ3) is 2.03. The molecule has 0 bridgehead atoms. The molecule has 2 rings (SSSR count). The van der Waals surface area contributed by atoms with Gasteiger partial charge in [0.05, 0.1) is 19.2 Å². The molecule has 0 saturated carbocycles. The van der Waals surface area contributed by atoms with E-state index in [1.807, 2.05) is 0 Å². The summed E-state index contributed by atoms with van der Waals surface area (Å²) < 4.78 is 41.8. The first-order valence-corrected chi connectivity index (χ1v) is 5.32. The van der Waals surface area contributed by atoms with Crippen molar-refractivity contribution in [3.05, 3.63) is 0 Å². The van der Waals surface area contributed by atoms with Gasteiger partial charge in [0.15, 0.2) is 11.4 Å². The van der Waals surface area contributed by atoms with Crippen molar-refractivity contribution < 1.29 is 27.5 Å². The van der Waals surface area contributed by atoms with E-state index in [1.165, 1.54) is 0 Å². The fourth-order valence-electron chi connectivity index (χ4n) is 2.22. The van der Waals surface area contributed by atoms with Gasteiger partial charge in [-0.15, -0.1) is 0 Å². The van der Waals surface area contributed by atoms with Crippen molar-refractivity contribution in [1.82, 2.24) is 4.90 Å². The molecule has 0 aromatic heterocycles. The van der Waals surface area contributed by atoms with Crippen LogP contribution in [0.4, 0.5) is 13.2 Å². The Morgan fingerprint density at radius 1 is 1.47 bits per heavy atom. The molecule has 1 unspecified atom stereocenters. The smallest absolute Gasteiger partial charge is 0.360 e. The fraction of sp³-hybridized carbons (Fsp3) is 0.800.